The van der Waals surface area contributed by atoms with Crippen LogP contribution in [0.5, 0.6) is 0 Å². The van der Waals surface area contributed by atoms with Crippen LogP contribution in [0.15, 0.2) is 47.0 Å². The minimum Gasteiger partial charge on any atom is -0.504 e. The van der Waals surface area contributed by atoms with Gasteiger partial charge in [-0.2, -0.15) is 0 Å². The Balaban J connectivity index is 2.26. The molecule has 0 spiro atoms. The van der Waals surface area contributed by atoms with E-state index in [1.165, 1.54) is 13.2 Å². The number of carbonyl (C=O) groups is 2. The lowest BCUT2D eigenvalue weighted by molar-refractivity contribution is -0.120. The summed E-state index contributed by atoms with van der Waals surface area (Å²) >= 11 is 2.22. The highest BCUT2D eigenvalue weighted by atomic mass is 127. The van der Waals surface area contributed by atoms with Crippen LogP contribution in [0.2, 0.25) is 0 Å². The molecular formula is C17H18INO4. The number of alkyl halides is 1. The molecule has 0 aliphatic heterocycles. The van der Waals surface area contributed by atoms with Crippen molar-refractivity contribution in [2.45, 2.75) is 15.9 Å². The zero-order chi connectivity index (χ0) is 16.9. The minimum atomic E-state index is -0.666. The number of ketones is 2. The number of ether oxygens (including phenoxy) is 1. The zero-order valence-electron chi connectivity index (χ0n) is 13.2. The standard InChI is InChI=1S/C17H18INO4/c1-19(2)11-6-9-4-5-12(20)16(22)15(9)17(18)8-13(21)14(23-3)7-10(11)17/h4-7,10-11,22H,8H2,1-3H3/t10?,11-,17-/m0/s1. The van der Waals surface area contributed by atoms with Crippen molar-refractivity contribution in [2.24, 2.45) is 5.92 Å². The predicted octanol–water partition coefficient (Wildman–Crippen LogP) is 2.10. The number of methoxy groups -OCH3 is 1. The molecule has 0 saturated heterocycles. The number of allylic oxidation sites excluding steroid dienone is 5. The predicted molar refractivity (Wildman–Crippen MR) is 94.3 cm³/mol. The fourth-order valence-electron chi connectivity index (χ4n) is 3.55. The molecule has 0 radical (unpaired) electrons. The van der Waals surface area contributed by atoms with Crippen LogP contribution in [0.1, 0.15) is 6.42 Å². The SMILES string of the molecule is COC1=CC2[C@@H](N(C)C)C=C3C=CC(=O)C(O)=C3[C@]2(I)CC1=O. The Morgan fingerprint density at radius 1 is 1.30 bits per heavy atom. The molecule has 0 saturated carbocycles. The monoisotopic (exact) mass is 427 g/mol. The van der Waals surface area contributed by atoms with Gasteiger partial charge in [0.15, 0.2) is 17.3 Å². The van der Waals surface area contributed by atoms with Crippen molar-refractivity contribution in [3.8, 4) is 0 Å². The van der Waals surface area contributed by atoms with E-state index in [4.69, 9.17) is 4.74 Å². The molecule has 5 nitrogen and oxygen atoms in total. The summed E-state index contributed by atoms with van der Waals surface area (Å²) < 4.78 is 4.55. The van der Waals surface area contributed by atoms with Gasteiger partial charge in [-0.3, -0.25) is 9.59 Å². The van der Waals surface area contributed by atoms with Crippen molar-refractivity contribution in [1.82, 2.24) is 4.90 Å². The van der Waals surface area contributed by atoms with Gasteiger partial charge in [-0.25, -0.2) is 0 Å². The minimum absolute atomic E-state index is 0.0366. The van der Waals surface area contributed by atoms with Crippen molar-refractivity contribution >= 4 is 34.2 Å². The van der Waals surface area contributed by atoms with Crippen LogP contribution in [0, 0.1) is 5.92 Å². The normalized spacial score (nSPS) is 33.3. The molecule has 1 unspecified atom stereocenters. The summed E-state index contributed by atoms with van der Waals surface area (Å²) in [7, 11) is 5.44. The van der Waals surface area contributed by atoms with Crippen LogP contribution in [-0.4, -0.2) is 52.2 Å². The summed E-state index contributed by atoms with van der Waals surface area (Å²) in [4.78, 5) is 26.4. The van der Waals surface area contributed by atoms with Crippen molar-refractivity contribution in [1.29, 1.82) is 0 Å². The summed E-state index contributed by atoms with van der Waals surface area (Å²) in [6, 6.07) is 0.0366. The van der Waals surface area contributed by atoms with E-state index in [0.29, 0.717) is 11.3 Å². The third-order valence-electron chi connectivity index (χ3n) is 4.68. The summed E-state index contributed by atoms with van der Waals surface area (Å²) in [5, 5.41) is 10.4. The zero-order valence-corrected chi connectivity index (χ0v) is 15.3. The second-order valence-electron chi connectivity index (χ2n) is 6.22. The highest BCUT2D eigenvalue weighted by Gasteiger charge is 2.53. The number of aliphatic hydroxyl groups is 1. The van der Waals surface area contributed by atoms with Crippen molar-refractivity contribution < 1.29 is 19.4 Å². The van der Waals surface area contributed by atoms with E-state index in [1.54, 1.807) is 6.08 Å². The van der Waals surface area contributed by atoms with Gasteiger partial charge >= 0.3 is 0 Å². The molecule has 23 heavy (non-hydrogen) atoms. The van der Waals surface area contributed by atoms with Crippen molar-refractivity contribution in [2.75, 3.05) is 21.2 Å². The Hall–Kier alpha value is -1.41. The summed E-state index contributed by atoms with van der Waals surface area (Å²) in [5.41, 5.74) is 1.38. The number of hydrogen-bond donors (Lipinski definition) is 1. The van der Waals surface area contributed by atoms with Gasteiger partial charge < -0.3 is 14.7 Å². The topological polar surface area (TPSA) is 66.8 Å². The second kappa shape index (κ2) is 5.59. The third-order valence-corrected chi connectivity index (χ3v) is 6.32. The Morgan fingerprint density at radius 3 is 2.61 bits per heavy atom. The number of likely N-dealkylation sites (N-methyl/N-ethyl adjacent to an activating group) is 1. The molecule has 3 aliphatic rings. The number of carbonyl (C=O) groups excluding carboxylic acids is 2. The Morgan fingerprint density at radius 2 is 2.00 bits per heavy atom. The third kappa shape index (κ3) is 2.39. The van der Waals surface area contributed by atoms with Crippen LogP contribution in [0.3, 0.4) is 0 Å². The van der Waals surface area contributed by atoms with E-state index in [9.17, 15) is 14.7 Å². The van der Waals surface area contributed by atoms with E-state index in [0.717, 1.165) is 5.57 Å². The molecule has 0 amide bonds. The molecule has 122 valence electrons. The molecule has 3 rings (SSSR count). The maximum absolute atomic E-state index is 12.4. The van der Waals surface area contributed by atoms with Gasteiger partial charge in [0.2, 0.25) is 5.78 Å². The van der Waals surface area contributed by atoms with Gasteiger partial charge in [0.05, 0.1) is 10.5 Å². The lowest BCUT2D eigenvalue weighted by Crippen LogP contribution is -2.52. The maximum Gasteiger partial charge on any atom is 0.220 e. The summed E-state index contributed by atoms with van der Waals surface area (Å²) in [6.07, 6.45) is 7.17. The number of halogens is 1. The van der Waals surface area contributed by atoms with Gasteiger partial charge in [-0.1, -0.05) is 34.7 Å². The number of rotatable bonds is 2. The molecule has 0 aromatic carbocycles. The van der Waals surface area contributed by atoms with Crippen molar-refractivity contribution in [3.63, 3.8) is 0 Å². The van der Waals surface area contributed by atoms with Crippen LogP contribution in [0.4, 0.5) is 0 Å². The first kappa shape index (κ1) is 16.4. The molecule has 3 atom stereocenters. The first-order valence-corrected chi connectivity index (χ1v) is 8.40. The van der Waals surface area contributed by atoms with Gasteiger partial charge in [0, 0.05) is 24.0 Å². The lowest BCUT2D eigenvalue weighted by Gasteiger charge is -2.48. The van der Waals surface area contributed by atoms with E-state index in [2.05, 4.69) is 27.5 Å². The fourth-order valence-corrected chi connectivity index (χ4v) is 5.02. The largest absolute Gasteiger partial charge is 0.504 e. The Kier molecular flexibility index (Phi) is 4.00. The number of fused-ring (bicyclic) bond motifs is 3. The summed E-state index contributed by atoms with van der Waals surface area (Å²) in [5.74, 6) is -0.504. The molecular weight excluding hydrogens is 409 g/mol. The molecule has 0 aromatic rings. The van der Waals surface area contributed by atoms with Crippen LogP contribution in [-0.2, 0) is 14.3 Å². The quantitative estimate of drug-likeness (QED) is 0.540. The van der Waals surface area contributed by atoms with Gasteiger partial charge in [0.1, 0.15) is 0 Å². The van der Waals surface area contributed by atoms with Gasteiger partial charge in [0.25, 0.3) is 0 Å². The fraction of sp³-hybridized carbons (Fsp3) is 0.412. The summed E-state index contributed by atoms with van der Waals surface area (Å²) in [6.45, 7) is 0. The number of Topliss-reactive ketones (excluding diaryl/α,β-unsaturated/α-hetero) is 1. The average molecular weight is 427 g/mol. The molecule has 0 aromatic heterocycles. The highest BCUT2D eigenvalue weighted by Crippen LogP contribution is 2.53. The number of hydrogen-bond acceptors (Lipinski definition) is 5. The highest BCUT2D eigenvalue weighted by molar-refractivity contribution is 14.1. The van der Waals surface area contributed by atoms with E-state index in [1.807, 2.05) is 26.2 Å². The lowest BCUT2D eigenvalue weighted by atomic mass is 9.66. The van der Waals surface area contributed by atoms with E-state index < -0.39 is 9.20 Å². The van der Waals surface area contributed by atoms with Crippen molar-refractivity contribution in [3.05, 3.63) is 47.0 Å². The molecule has 1 N–H and O–H groups in total. The number of nitrogens with zero attached hydrogens (tertiary/aromatic N) is 1. The molecule has 3 aliphatic carbocycles. The van der Waals surface area contributed by atoms with Crippen LogP contribution >= 0.6 is 22.6 Å². The number of aliphatic hydroxyl groups excluding tert-OH is 1. The van der Waals surface area contributed by atoms with Crippen LogP contribution < -0.4 is 0 Å². The van der Waals surface area contributed by atoms with E-state index >= 15 is 0 Å². The Bertz CT molecular complexity index is 716. The van der Waals surface area contributed by atoms with E-state index in [-0.39, 0.29) is 29.9 Å². The first-order valence-electron chi connectivity index (χ1n) is 7.32. The second-order valence-corrected chi connectivity index (χ2v) is 8.15. The van der Waals surface area contributed by atoms with Crippen LogP contribution in [0.25, 0.3) is 0 Å². The smallest absolute Gasteiger partial charge is 0.220 e. The van der Waals surface area contributed by atoms with Gasteiger partial charge in [-0.05, 0) is 31.8 Å². The molecule has 0 heterocycles. The Labute approximate surface area is 148 Å². The molecule has 6 heteroatoms. The average Bonchev–Trinajstić information content (AvgIpc) is 2.48. The molecule has 0 fully saturated rings. The maximum atomic E-state index is 12.4. The van der Waals surface area contributed by atoms with Gasteiger partial charge in [-0.15, -0.1) is 0 Å². The first-order chi connectivity index (χ1) is 10.8. The molecule has 0 bridgehead atoms.